The van der Waals surface area contributed by atoms with Gasteiger partial charge in [0.15, 0.2) is 0 Å². The number of hydrogen-bond donors (Lipinski definition) is 0. The van der Waals surface area contributed by atoms with Crippen LogP contribution in [0.3, 0.4) is 0 Å². The van der Waals surface area contributed by atoms with E-state index in [1.807, 2.05) is 0 Å². The first-order chi connectivity index (χ1) is 10.2. The summed E-state index contributed by atoms with van der Waals surface area (Å²) in [5.74, 6) is 0. The molecule has 0 aliphatic carbocycles. The molecule has 0 bridgehead atoms. The molecule has 0 spiro atoms. The average molecular weight is 354 g/mol. The fourth-order valence-corrected chi connectivity index (χ4v) is 2.56. The van der Waals surface area contributed by atoms with E-state index in [0.717, 1.165) is 11.7 Å². The van der Waals surface area contributed by atoms with Gasteiger partial charge < -0.3 is 4.18 Å². The molecule has 0 fully saturated rings. The standard InChI is InChI=1S/C12H14F3N2O3PS/c13-12(14,15)22(18,19)20-11-16-6-1-7-17(11)10-4-2-9(8-21)3-5-10/h2-5H,1,6-8,21H2. The summed E-state index contributed by atoms with van der Waals surface area (Å²) in [5.41, 5.74) is -3.94. The topological polar surface area (TPSA) is 59.0 Å². The Balaban J connectivity index is 2.27. The van der Waals surface area contributed by atoms with Crippen LogP contribution in [0.4, 0.5) is 18.9 Å². The zero-order valence-corrected chi connectivity index (χ0v) is 13.3. The zero-order chi connectivity index (χ0) is 16.4. The van der Waals surface area contributed by atoms with Gasteiger partial charge in [0.05, 0.1) is 0 Å². The highest BCUT2D eigenvalue weighted by molar-refractivity contribution is 7.88. The van der Waals surface area contributed by atoms with Gasteiger partial charge in [-0.1, -0.05) is 12.1 Å². The predicted molar refractivity (Wildman–Crippen MR) is 80.2 cm³/mol. The van der Waals surface area contributed by atoms with Crippen LogP contribution in [-0.2, 0) is 20.5 Å². The lowest BCUT2D eigenvalue weighted by atomic mass is 10.2. The van der Waals surface area contributed by atoms with Crippen LogP contribution in [0.15, 0.2) is 29.3 Å². The first-order valence-corrected chi connectivity index (χ1v) is 8.59. The van der Waals surface area contributed by atoms with Gasteiger partial charge in [-0.2, -0.15) is 21.6 Å². The number of rotatable bonds is 3. The number of hydrogen-bond acceptors (Lipinski definition) is 5. The van der Waals surface area contributed by atoms with E-state index in [4.69, 9.17) is 0 Å². The number of nitrogens with zero attached hydrogens (tertiary/aromatic N) is 2. The van der Waals surface area contributed by atoms with Gasteiger partial charge in [-0.25, -0.2) is 4.99 Å². The van der Waals surface area contributed by atoms with Crippen LogP contribution in [0, 0.1) is 0 Å². The van der Waals surface area contributed by atoms with E-state index in [2.05, 4.69) is 18.4 Å². The minimum Gasteiger partial charge on any atom is -0.339 e. The molecule has 1 aromatic carbocycles. The zero-order valence-electron chi connectivity index (χ0n) is 11.4. The van der Waals surface area contributed by atoms with Gasteiger partial charge in [-0.15, -0.1) is 9.24 Å². The number of alkyl halides is 3. The highest BCUT2D eigenvalue weighted by Crippen LogP contribution is 2.27. The Morgan fingerprint density at radius 1 is 1.27 bits per heavy atom. The Hall–Kier alpha value is -1.34. The van der Waals surface area contributed by atoms with E-state index < -0.39 is 21.6 Å². The molecule has 1 heterocycles. The van der Waals surface area contributed by atoms with Crippen molar-refractivity contribution in [1.82, 2.24) is 0 Å². The van der Waals surface area contributed by atoms with Crippen molar-refractivity contribution in [3.05, 3.63) is 29.8 Å². The molecular weight excluding hydrogens is 340 g/mol. The third-order valence-corrected chi connectivity index (χ3v) is 4.38. The minimum atomic E-state index is -5.73. The molecule has 1 aliphatic rings. The fraction of sp³-hybridized carbons (Fsp3) is 0.417. The van der Waals surface area contributed by atoms with Crippen molar-refractivity contribution < 1.29 is 25.8 Å². The molecule has 1 aliphatic heterocycles. The summed E-state index contributed by atoms with van der Waals surface area (Å²) in [6.07, 6.45) is 1.32. The minimum absolute atomic E-state index is 0.211. The van der Waals surface area contributed by atoms with E-state index in [1.54, 1.807) is 24.3 Å². The molecule has 0 amide bonds. The van der Waals surface area contributed by atoms with Gasteiger partial charge in [-0.05, 0) is 30.3 Å². The summed E-state index contributed by atoms with van der Waals surface area (Å²) in [5, 5.41) is 0. The lowest BCUT2D eigenvalue weighted by molar-refractivity contribution is -0.0505. The average Bonchev–Trinajstić information content (AvgIpc) is 2.46. The van der Waals surface area contributed by atoms with Crippen molar-refractivity contribution in [2.24, 2.45) is 4.99 Å². The second kappa shape index (κ2) is 6.42. The number of amidine groups is 1. The van der Waals surface area contributed by atoms with Gasteiger partial charge in [0.2, 0.25) is 0 Å². The second-order valence-electron chi connectivity index (χ2n) is 4.52. The molecular formula is C12H14F3N2O3PS. The molecule has 0 radical (unpaired) electrons. The van der Waals surface area contributed by atoms with Crippen molar-refractivity contribution in [3.8, 4) is 0 Å². The van der Waals surface area contributed by atoms with Crippen molar-refractivity contribution >= 4 is 31.1 Å². The van der Waals surface area contributed by atoms with Crippen LogP contribution in [0.2, 0.25) is 0 Å². The Morgan fingerprint density at radius 2 is 1.91 bits per heavy atom. The van der Waals surface area contributed by atoms with E-state index >= 15 is 0 Å². The SMILES string of the molecule is O=S(=O)(OC1=NCCCN1c1ccc(CP)cc1)C(F)(F)F. The number of benzene rings is 1. The Bertz CT molecular complexity index is 659. The van der Waals surface area contributed by atoms with E-state index in [9.17, 15) is 21.6 Å². The Kier molecular flexibility index (Phi) is 4.97. The smallest absolute Gasteiger partial charge is 0.339 e. The summed E-state index contributed by atoms with van der Waals surface area (Å²) in [6, 6.07) is 6.41. The van der Waals surface area contributed by atoms with Crippen LogP contribution in [0.25, 0.3) is 0 Å². The summed E-state index contributed by atoms with van der Waals surface area (Å²) < 4.78 is 63.7. The number of anilines is 1. The fourth-order valence-electron chi connectivity index (χ4n) is 1.85. The van der Waals surface area contributed by atoms with Crippen LogP contribution in [-0.4, -0.2) is 33.0 Å². The first kappa shape index (κ1) is 17.0. The van der Waals surface area contributed by atoms with Crippen LogP contribution >= 0.6 is 9.24 Å². The summed E-state index contributed by atoms with van der Waals surface area (Å²) in [4.78, 5) is 5.08. The molecule has 22 heavy (non-hydrogen) atoms. The molecule has 122 valence electrons. The quantitative estimate of drug-likeness (QED) is 0.475. The molecule has 5 nitrogen and oxygen atoms in total. The molecule has 1 atom stereocenters. The van der Waals surface area contributed by atoms with E-state index in [0.29, 0.717) is 18.7 Å². The Morgan fingerprint density at radius 3 is 2.45 bits per heavy atom. The number of halogens is 3. The maximum atomic E-state index is 12.4. The molecule has 0 N–H and O–H groups in total. The normalized spacial score (nSPS) is 16.4. The third kappa shape index (κ3) is 3.70. The van der Waals surface area contributed by atoms with Crippen molar-refractivity contribution in [2.45, 2.75) is 18.1 Å². The monoisotopic (exact) mass is 354 g/mol. The maximum absolute atomic E-state index is 12.4. The summed E-state index contributed by atoms with van der Waals surface area (Å²) in [7, 11) is -3.17. The largest absolute Gasteiger partial charge is 0.534 e. The third-order valence-electron chi connectivity index (χ3n) is 2.97. The first-order valence-electron chi connectivity index (χ1n) is 6.36. The molecule has 2 rings (SSSR count). The van der Waals surface area contributed by atoms with Gasteiger partial charge in [0, 0.05) is 18.8 Å². The van der Waals surface area contributed by atoms with E-state index in [1.165, 1.54) is 4.90 Å². The van der Waals surface area contributed by atoms with Gasteiger partial charge in [0.1, 0.15) is 0 Å². The molecule has 0 aromatic heterocycles. The van der Waals surface area contributed by atoms with Gasteiger partial charge in [-0.3, -0.25) is 4.90 Å². The van der Waals surface area contributed by atoms with Crippen LogP contribution in [0.1, 0.15) is 12.0 Å². The summed E-state index contributed by atoms with van der Waals surface area (Å²) in [6.45, 7) is 0.537. The predicted octanol–water partition coefficient (Wildman–Crippen LogP) is 2.49. The highest BCUT2D eigenvalue weighted by Gasteiger charge is 2.49. The van der Waals surface area contributed by atoms with Crippen LogP contribution in [0.5, 0.6) is 0 Å². The molecule has 10 heteroatoms. The lowest BCUT2D eigenvalue weighted by Gasteiger charge is -2.28. The molecule has 0 saturated carbocycles. The number of aliphatic imine (C=N–C) groups is 1. The maximum Gasteiger partial charge on any atom is 0.534 e. The summed E-state index contributed by atoms with van der Waals surface area (Å²) >= 11 is 0. The molecule has 1 unspecified atom stereocenters. The lowest BCUT2D eigenvalue weighted by Crippen LogP contribution is -2.41. The molecule has 0 saturated heterocycles. The van der Waals surface area contributed by atoms with Crippen molar-refractivity contribution in [1.29, 1.82) is 0 Å². The van der Waals surface area contributed by atoms with Crippen molar-refractivity contribution in [3.63, 3.8) is 0 Å². The highest BCUT2D eigenvalue weighted by atomic mass is 32.2. The van der Waals surface area contributed by atoms with Gasteiger partial charge >= 0.3 is 21.6 Å². The second-order valence-corrected chi connectivity index (χ2v) is 6.47. The van der Waals surface area contributed by atoms with Gasteiger partial charge in [0.25, 0.3) is 0 Å². The van der Waals surface area contributed by atoms with E-state index in [-0.39, 0.29) is 6.54 Å². The van der Waals surface area contributed by atoms with Crippen molar-refractivity contribution in [2.75, 3.05) is 18.0 Å². The molecule has 1 aromatic rings. The Labute approximate surface area is 128 Å². The van der Waals surface area contributed by atoms with Crippen LogP contribution < -0.4 is 4.90 Å².